The second-order valence-corrected chi connectivity index (χ2v) is 5.36. The van der Waals surface area contributed by atoms with Gasteiger partial charge in [-0.3, -0.25) is 0 Å². The summed E-state index contributed by atoms with van der Waals surface area (Å²) >= 11 is 0. The van der Waals surface area contributed by atoms with E-state index in [0.29, 0.717) is 12.1 Å². The van der Waals surface area contributed by atoms with Gasteiger partial charge < -0.3 is 5.32 Å². The highest BCUT2D eigenvalue weighted by Crippen LogP contribution is 2.19. The molecule has 1 heterocycles. The molecule has 4 nitrogen and oxygen atoms in total. The van der Waals surface area contributed by atoms with E-state index in [2.05, 4.69) is 59.6 Å². The van der Waals surface area contributed by atoms with E-state index in [1.165, 1.54) is 5.56 Å². The predicted octanol–water partition coefficient (Wildman–Crippen LogP) is 3.14. The van der Waals surface area contributed by atoms with Crippen molar-refractivity contribution in [2.75, 3.05) is 7.05 Å². The first-order chi connectivity index (χ1) is 9.72. The monoisotopic (exact) mass is 272 g/mol. The third-order valence-electron chi connectivity index (χ3n) is 3.58. The smallest absolute Gasteiger partial charge is 0.138 e. The first-order valence-corrected chi connectivity index (χ1v) is 7.33. The van der Waals surface area contributed by atoms with Crippen molar-refractivity contribution >= 4 is 0 Å². The first kappa shape index (κ1) is 14.7. The summed E-state index contributed by atoms with van der Waals surface area (Å²) in [5.74, 6) is 1.09. The number of rotatable bonds is 7. The lowest BCUT2D eigenvalue weighted by Crippen LogP contribution is -2.17. The molecule has 0 amide bonds. The maximum atomic E-state index is 4.36. The molecule has 0 saturated carbocycles. The number of aryl methyl sites for hydroxylation is 1. The fourth-order valence-electron chi connectivity index (χ4n) is 2.51. The molecular formula is C16H24N4. The SMILES string of the molecule is CNC(CCCc1ncnn1C(C)C)c1ccccc1. The molecule has 1 aromatic carbocycles. The highest BCUT2D eigenvalue weighted by Gasteiger charge is 2.11. The van der Waals surface area contributed by atoms with Crippen molar-refractivity contribution in [2.45, 2.75) is 45.2 Å². The molecule has 2 rings (SSSR count). The number of hydrogen-bond donors (Lipinski definition) is 1. The second-order valence-electron chi connectivity index (χ2n) is 5.36. The van der Waals surface area contributed by atoms with Crippen molar-refractivity contribution in [3.63, 3.8) is 0 Å². The topological polar surface area (TPSA) is 42.7 Å². The molecule has 0 saturated heterocycles. The summed E-state index contributed by atoms with van der Waals surface area (Å²) in [7, 11) is 2.02. The number of nitrogens with zero attached hydrogens (tertiary/aromatic N) is 3. The number of benzene rings is 1. The molecular weight excluding hydrogens is 248 g/mol. The molecule has 108 valence electrons. The van der Waals surface area contributed by atoms with E-state index in [1.54, 1.807) is 6.33 Å². The number of hydrogen-bond acceptors (Lipinski definition) is 3. The van der Waals surface area contributed by atoms with E-state index in [1.807, 2.05) is 11.7 Å². The maximum Gasteiger partial charge on any atom is 0.138 e. The van der Waals surface area contributed by atoms with Crippen LogP contribution in [0.15, 0.2) is 36.7 Å². The van der Waals surface area contributed by atoms with Crippen molar-refractivity contribution in [2.24, 2.45) is 0 Å². The van der Waals surface area contributed by atoms with Gasteiger partial charge in [0.25, 0.3) is 0 Å². The lowest BCUT2D eigenvalue weighted by Gasteiger charge is -2.16. The molecule has 1 aromatic heterocycles. The van der Waals surface area contributed by atoms with Crippen molar-refractivity contribution in [1.29, 1.82) is 0 Å². The Balaban J connectivity index is 1.90. The van der Waals surface area contributed by atoms with Crippen LogP contribution in [0.2, 0.25) is 0 Å². The quantitative estimate of drug-likeness (QED) is 0.842. The van der Waals surface area contributed by atoms with Gasteiger partial charge in [0.05, 0.1) is 0 Å². The van der Waals surface area contributed by atoms with E-state index >= 15 is 0 Å². The van der Waals surface area contributed by atoms with Gasteiger partial charge in [-0.2, -0.15) is 5.10 Å². The summed E-state index contributed by atoms with van der Waals surface area (Å²) < 4.78 is 2.01. The summed E-state index contributed by atoms with van der Waals surface area (Å²) in [5, 5.41) is 7.67. The molecule has 0 aliphatic heterocycles. The van der Waals surface area contributed by atoms with Gasteiger partial charge in [-0.1, -0.05) is 30.3 Å². The molecule has 2 aromatic rings. The van der Waals surface area contributed by atoms with Crippen LogP contribution in [0.3, 0.4) is 0 Å². The largest absolute Gasteiger partial charge is 0.313 e. The van der Waals surface area contributed by atoms with Gasteiger partial charge in [0.1, 0.15) is 12.2 Å². The van der Waals surface area contributed by atoms with Crippen LogP contribution in [0, 0.1) is 0 Å². The fourth-order valence-corrected chi connectivity index (χ4v) is 2.51. The summed E-state index contributed by atoms with van der Waals surface area (Å²) in [5.41, 5.74) is 1.35. The van der Waals surface area contributed by atoms with Crippen LogP contribution >= 0.6 is 0 Å². The highest BCUT2D eigenvalue weighted by molar-refractivity contribution is 5.18. The van der Waals surface area contributed by atoms with Crippen LogP contribution in [0.1, 0.15) is 50.2 Å². The van der Waals surface area contributed by atoms with Crippen LogP contribution in [-0.4, -0.2) is 21.8 Å². The third-order valence-corrected chi connectivity index (χ3v) is 3.58. The summed E-state index contributed by atoms with van der Waals surface area (Å²) in [6.07, 6.45) is 4.84. The van der Waals surface area contributed by atoms with Gasteiger partial charge >= 0.3 is 0 Å². The Morgan fingerprint density at radius 3 is 2.60 bits per heavy atom. The van der Waals surface area contributed by atoms with Crippen LogP contribution in [0.25, 0.3) is 0 Å². The molecule has 0 bridgehead atoms. The van der Waals surface area contributed by atoms with Gasteiger partial charge in [-0.05, 0) is 39.3 Å². The fraction of sp³-hybridized carbons (Fsp3) is 0.500. The Hall–Kier alpha value is -1.68. The van der Waals surface area contributed by atoms with E-state index in [0.717, 1.165) is 25.1 Å². The zero-order chi connectivity index (χ0) is 14.4. The van der Waals surface area contributed by atoms with Gasteiger partial charge in [0.2, 0.25) is 0 Å². The van der Waals surface area contributed by atoms with Gasteiger partial charge in [0.15, 0.2) is 0 Å². The van der Waals surface area contributed by atoms with E-state index in [9.17, 15) is 0 Å². The van der Waals surface area contributed by atoms with Crippen molar-refractivity contribution in [1.82, 2.24) is 20.1 Å². The minimum atomic E-state index is 0.377. The maximum absolute atomic E-state index is 4.36. The van der Waals surface area contributed by atoms with Crippen LogP contribution in [0.5, 0.6) is 0 Å². The average Bonchev–Trinajstić information content (AvgIpc) is 2.93. The minimum Gasteiger partial charge on any atom is -0.313 e. The third kappa shape index (κ3) is 3.67. The standard InChI is InChI=1S/C16H24N4/c1-13(2)20-16(18-12-19-20)11-7-10-15(17-3)14-8-5-4-6-9-14/h4-6,8-9,12-13,15,17H,7,10-11H2,1-3H3. The zero-order valence-corrected chi connectivity index (χ0v) is 12.6. The number of aromatic nitrogens is 3. The number of nitrogens with one attached hydrogen (secondary N) is 1. The van der Waals surface area contributed by atoms with Gasteiger partial charge in [-0.25, -0.2) is 9.67 Å². The van der Waals surface area contributed by atoms with Crippen molar-refractivity contribution in [3.8, 4) is 0 Å². The molecule has 0 aliphatic carbocycles. The molecule has 1 N–H and O–H groups in total. The Morgan fingerprint density at radius 1 is 1.20 bits per heavy atom. The average molecular weight is 272 g/mol. The predicted molar refractivity (Wildman–Crippen MR) is 81.6 cm³/mol. The van der Waals surface area contributed by atoms with Gasteiger partial charge in [-0.15, -0.1) is 0 Å². The Morgan fingerprint density at radius 2 is 1.95 bits per heavy atom. The Labute approximate surface area is 121 Å². The normalized spacial score (nSPS) is 12.8. The Bertz CT molecular complexity index is 504. The first-order valence-electron chi connectivity index (χ1n) is 7.33. The second kappa shape index (κ2) is 7.20. The summed E-state index contributed by atoms with van der Waals surface area (Å²) in [6, 6.07) is 11.4. The molecule has 0 fully saturated rings. The molecule has 1 atom stereocenters. The van der Waals surface area contributed by atoms with Crippen LogP contribution < -0.4 is 5.32 Å². The summed E-state index contributed by atoms with van der Waals surface area (Å²) in [4.78, 5) is 4.36. The lowest BCUT2D eigenvalue weighted by molar-refractivity contribution is 0.480. The van der Waals surface area contributed by atoms with E-state index < -0.39 is 0 Å². The molecule has 1 unspecified atom stereocenters. The van der Waals surface area contributed by atoms with Crippen LogP contribution in [-0.2, 0) is 6.42 Å². The van der Waals surface area contributed by atoms with E-state index in [-0.39, 0.29) is 0 Å². The zero-order valence-electron chi connectivity index (χ0n) is 12.6. The van der Waals surface area contributed by atoms with Crippen molar-refractivity contribution in [3.05, 3.63) is 48.0 Å². The lowest BCUT2D eigenvalue weighted by atomic mass is 10.0. The van der Waals surface area contributed by atoms with Gasteiger partial charge in [0, 0.05) is 18.5 Å². The Kier molecular flexibility index (Phi) is 5.30. The molecule has 0 radical (unpaired) electrons. The highest BCUT2D eigenvalue weighted by atomic mass is 15.3. The van der Waals surface area contributed by atoms with Crippen molar-refractivity contribution < 1.29 is 0 Å². The molecule has 0 aliphatic rings. The molecule has 20 heavy (non-hydrogen) atoms. The minimum absolute atomic E-state index is 0.377. The van der Waals surface area contributed by atoms with Crippen LogP contribution in [0.4, 0.5) is 0 Å². The molecule has 4 heteroatoms. The summed E-state index contributed by atoms with van der Waals surface area (Å²) in [6.45, 7) is 4.27. The van der Waals surface area contributed by atoms with E-state index in [4.69, 9.17) is 0 Å². The molecule has 0 spiro atoms.